The fourth-order valence-corrected chi connectivity index (χ4v) is 2.06. The van der Waals surface area contributed by atoms with E-state index in [1.165, 1.54) is 0 Å². The number of rotatable bonds is 3. The highest BCUT2D eigenvalue weighted by atomic mass is 16.9. The van der Waals surface area contributed by atoms with Crippen LogP contribution in [0, 0.1) is 0 Å². The lowest BCUT2D eigenvalue weighted by atomic mass is 10.1. The Bertz CT molecular complexity index is 650. The molecule has 2 aliphatic rings. The van der Waals surface area contributed by atoms with Crippen molar-refractivity contribution < 1.29 is 48.3 Å². The van der Waals surface area contributed by atoms with Gasteiger partial charge in [0.1, 0.15) is 0 Å². The van der Waals surface area contributed by atoms with Gasteiger partial charge in [-0.15, -0.1) is 0 Å². The predicted molar refractivity (Wildman–Crippen MR) is 71.3 cm³/mol. The van der Waals surface area contributed by atoms with Gasteiger partial charge in [0, 0.05) is 11.1 Å². The lowest BCUT2D eigenvalue weighted by Gasteiger charge is -2.39. The molecule has 2 N–H and O–H groups in total. The largest absolute Gasteiger partial charge is 0.456 e. The van der Waals surface area contributed by atoms with Gasteiger partial charge < -0.3 is 29.2 Å². The Morgan fingerprint density at radius 2 is 1.38 bits per heavy atom. The van der Waals surface area contributed by atoms with Gasteiger partial charge in [0.05, 0.1) is 25.9 Å². The molecule has 2 unspecified atom stereocenters. The molecule has 0 amide bonds. The maximum absolute atomic E-state index is 11.9. The summed E-state index contributed by atoms with van der Waals surface area (Å²) in [6, 6.07) is 0. The molecule has 0 spiro atoms. The minimum absolute atomic E-state index is 0.306. The van der Waals surface area contributed by atoms with Crippen molar-refractivity contribution in [1.82, 2.24) is 0 Å². The average molecular weight is 342 g/mol. The lowest BCUT2D eigenvalue weighted by Crippen LogP contribution is -2.63. The summed E-state index contributed by atoms with van der Waals surface area (Å²) >= 11 is 0. The van der Waals surface area contributed by atoms with Crippen LogP contribution in [0.15, 0.2) is 24.3 Å². The summed E-state index contributed by atoms with van der Waals surface area (Å²) in [5.41, 5.74) is -0.648. The molecule has 0 bridgehead atoms. The van der Waals surface area contributed by atoms with Crippen LogP contribution in [0.2, 0.25) is 0 Å². The van der Waals surface area contributed by atoms with E-state index < -0.39 is 61.5 Å². The third kappa shape index (κ3) is 3.01. The van der Waals surface area contributed by atoms with Crippen LogP contribution in [0.5, 0.6) is 0 Å². The van der Waals surface area contributed by atoms with Crippen LogP contribution in [0.25, 0.3) is 0 Å². The molecule has 2 rings (SSSR count). The molecule has 130 valence electrons. The zero-order chi connectivity index (χ0) is 18.1. The molecular formula is C14H14O10. The van der Waals surface area contributed by atoms with Crippen LogP contribution in [-0.2, 0) is 38.1 Å². The summed E-state index contributed by atoms with van der Waals surface area (Å²) in [4.78, 5) is 47.2. The first-order chi connectivity index (χ1) is 11.1. The molecule has 0 aromatic heterocycles. The van der Waals surface area contributed by atoms with Crippen molar-refractivity contribution in [2.75, 3.05) is 6.61 Å². The molecule has 2 aliphatic heterocycles. The van der Waals surface area contributed by atoms with Crippen LogP contribution in [0.1, 0.15) is 19.3 Å². The van der Waals surface area contributed by atoms with Gasteiger partial charge in [0.25, 0.3) is 0 Å². The van der Waals surface area contributed by atoms with E-state index in [1.807, 2.05) is 0 Å². The SMILES string of the molecule is C=C1CC(=O)OC(O)(C2(CCO)OC(=O)CC(=C)C(=O)O2)OC1=O. The highest BCUT2D eigenvalue weighted by molar-refractivity contribution is 5.96. The zero-order valence-electron chi connectivity index (χ0n) is 12.4. The number of carbonyl (C=O) groups excluding carboxylic acids is 4. The minimum Gasteiger partial charge on any atom is -0.412 e. The number of cyclic esters (lactones) is 4. The second-order valence-corrected chi connectivity index (χ2v) is 5.10. The first-order valence-corrected chi connectivity index (χ1v) is 6.71. The maximum Gasteiger partial charge on any atom is 0.456 e. The standard InChI is InChI=1S/C14H14O10/c1-7-5-9(16)21-13(3-4-15,23-11(7)18)14(20)22-10(17)6-8(2)12(19)24-14/h15,20H,1-6H2. The molecule has 0 aromatic carbocycles. The third-order valence-electron chi connectivity index (χ3n) is 3.23. The monoisotopic (exact) mass is 342 g/mol. The van der Waals surface area contributed by atoms with E-state index >= 15 is 0 Å². The number of carbonyl (C=O) groups is 4. The molecule has 2 saturated heterocycles. The van der Waals surface area contributed by atoms with Gasteiger partial charge in [-0.25, -0.2) is 9.59 Å². The van der Waals surface area contributed by atoms with Crippen molar-refractivity contribution in [2.24, 2.45) is 0 Å². The van der Waals surface area contributed by atoms with Gasteiger partial charge >= 0.3 is 35.6 Å². The zero-order valence-corrected chi connectivity index (χ0v) is 12.4. The van der Waals surface area contributed by atoms with E-state index in [0.717, 1.165) is 0 Å². The fourth-order valence-electron chi connectivity index (χ4n) is 2.06. The minimum atomic E-state index is -3.31. The second kappa shape index (κ2) is 6.06. The summed E-state index contributed by atoms with van der Waals surface area (Å²) < 4.78 is 19.0. The summed E-state index contributed by atoms with van der Waals surface area (Å²) in [5.74, 6) is -10.7. The third-order valence-corrected chi connectivity index (χ3v) is 3.23. The van der Waals surface area contributed by atoms with Crippen molar-refractivity contribution in [3.63, 3.8) is 0 Å². The van der Waals surface area contributed by atoms with Crippen molar-refractivity contribution >= 4 is 23.9 Å². The lowest BCUT2D eigenvalue weighted by molar-refractivity contribution is -0.440. The summed E-state index contributed by atoms with van der Waals surface area (Å²) in [5, 5.41) is 19.7. The van der Waals surface area contributed by atoms with Crippen molar-refractivity contribution in [3.05, 3.63) is 24.3 Å². The normalized spacial score (nSPS) is 31.4. The van der Waals surface area contributed by atoms with Gasteiger partial charge in [-0.3, -0.25) is 9.59 Å². The van der Waals surface area contributed by atoms with Gasteiger partial charge in [-0.2, -0.15) is 0 Å². The second-order valence-electron chi connectivity index (χ2n) is 5.10. The Hall–Kier alpha value is -2.72. The van der Waals surface area contributed by atoms with Crippen molar-refractivity contribution in [3.8, 4) is 0 Å². The quantitative estimate of drug-likeness (QED) is 0.474. The van der Waals surface area contributed by atoms with Gasteiger partial charge in [-0.1, -0.05) is 13.2 Å². The molecule has 0 aliphatic carbocycles. The summed E-state index contributed by atoms with van der Waals surface area (Å²) in [6.45, 7) is 5.80. The van der Waals surface area contributed by atoms with E-state index in [0.29, 0.717) is 0 Å². The van der Waals surface area contributed by atoms with Crippen LogP contribution in [-0.4, -0.2) is 52.5 Å². The number of aliphatic hydroxyl groups is 2. The Morgan fingerprint density at radius 1 is 0.875 bits per heavy atom. The molecular weight excluding hydrogens is 328 g/mol. The van der Waals surface area contributed by atoms with E-state index in [1.54, 1.807) is 0 Å². The van der Waals surface area contributed by atoms with Crippen LogP contribution in [0.4, 0.5) is 0 Å². The number of esters is 4. The Balaban J connectivity index is 2.54. The molecule has 24 heavy (non-hydrogen) atoms. The Morgan fingerprint density at radius 3 is 1.92 bits per heavy atom. The van der Waals surface area contributed by atoms with E-state index in [-0.39, 0.29) is 11.1 Å². The molecule has 2 heterocycles. The van der Waals surface area contributed by atoms with E-state index in [2.05, 4.69) is 22.6 Å². The van der Waals surface area contributed by atoms with Crippen molar-refractivity contribution in [1.29, 1.82) is 0 Å². The first kappa shape index (κ1) is 17.6. The van der Waals surface area contributed by atoms with Crippen molar-refractivity contribution in [2.45, 2.75) is 31.0 Å². The number of hydrogen-bond donors (Lipinski definition) is 2. The van der Waals surface area contributed by atoms with Gasteiger partial charge in [-0.05, 0) is 0 Å². The van der Waals surface area contributed by atoms with E-state index in [9.17, 15) is 29.4 Å². The smallest absolute Gasteiger partial charge is 0.412 e. The highest BCUT2D eigenvalue weighted by Crippen LogP contribution is 2.39. The number of ether oxygens (including phenoxy) is 4. The summed E-state index contributed by atoms with van der Waals surface area (Å²) in [7, 11) is 0. The molecule has 2 atom stereocenters. The Labute approximate surface area is 135 Å². The maximum atomic E-state index is 11.9. The van der Waals surface area contributed by atoms with Gasteiger partial charge in [0.15, 0.2) is 0 Å². The topological polar surface area (TPSA) is 146 Å². The number of aliphatic hydroxyl groups excluding tert-OH is 1. The fraction of sp³-hybridized carbons (Fsp3) is 0.429. The highest BCUT2D eigenvalue weighted by Gasteiger charge is 2.66. The van der Waals surface area contributed by atoms with Crippen LogP contribution in [0.3, 0.4) is 0 Å². The number of hydrogen-bond acceptors (Lipinski definition) is 10. The van der Waals surface area contributed by atoms with Crippen LogP contribution < -0.4 is 0 Å². The van der Waals surface area contributed by atoms with E-state index in [4.69, 9.17) is 9.47 Å². The first-order valence-electron chi connectivity index (χ1n) is 6.71. The van der Waals surface area contributed by atoms with Gasteiger partial charge in [0.2, 0.25) is 0 Å². The predicted octanol–water partition coefficient (Wildman–Crippen LogP) is -1.20. The molecule has 10 heteroatoms. The van der Waals surface area contributed by atoms with Crippen LogP contribution >= 0.6 is 0 Å². The average Bonchev–Trinajstić information content (AvgIpc) is 2.62. The molecule has 2 fully saturated rings. The molecule has 0 saturated carbocycles. The Kier molecular flexibility index (Phi) is 4.45. The molecule has 0 radical (unpaired) electrons. The summed E-state index contributed by atoms with van der Waals surface area (Å²) in [6.07, 6.45) is -1.93. The molecule has 10 nitrogen and oxygen atoms in total. The molecule has 0 aromatic rings.